The molecular formula is C35H36N6O7. The summed E-state index contributed by atoms with van der Waals surface area (Å²) in [5.74, 6) is -5.16. The molecule has 2 heterocycles. The van der Waals surface area contributed by atoms with Gasteiger partial charge in [0.1, 0.15) is 18.1 Å². The molecule has 0 aliphatic rings. The van der Waals surface area contributed by atoms with E-state index in [1.54, 1.807) is 36.7 Å². The van der Waals surface area contributed by atoms with E-state index >= 15 is 0 Å². The number of benzene rings is 3. The Balaban J connectivity index is 1.38. The van der Waals surface area contributed by atoms with Crippen molar-refractivity contribution < 1.29 is 34.2 Å². The van der Waals surface area contributed by atoms with Crippen LogP contribution in [0.4, 0.5) is 0 Å². The largest absolute Gasteiger partial charge is 0.481 e. The van der Waals surface area contributed by atoms with E-state index in [1.807, 2.05) is 54.6 Å². The van der Waals surface area contributed by atoms with E-state index in [-0.39, 0.29) is 19.3 Å². The Morgan fingerprint density at radius 2 is 1.08 bits per heavy atom. The number of fused-ring (bicyclic) bond motifs is 2. The fourth-order valence-electron chi connectivity index (χ4n) is 5.62. The highest BCUT2D eigenvalue weighted by Crippen LogP contribution is 2.20. The summed E-state index contributed by atoms with van der Waals surface area (Å²) in [5, 5.41) is 28.1. The van der Waals surface area contributed by atoms with Crippen LogP contribution in [0.3, 0.4) is 0 Å². The number of carbonyl (C=O) groups excluding carboxylic acids is 3. The summed E-state index contributed by atoms with van der Waals surface area (Å²) in [6.07, 6.45) is 2.80. The van der Waals surface area contributed by atoms with Crippen molar-refractivity contribution in [3.8, 4) is 0 Å². The van der Waals surface area contributed by atoms with E-state index in [0.717, 1.165) is 32.9 Å². The number of nitrogens with one attached hydrogen (secondary N) is 5. The van der Waals surface area contributed by atoms with Crippen molar-refractivity contribution in [3.63, 3.8) is 0 Å². The van der Waals surface area contributed by atoms with Crippen molar-refractivity contribution >= 4 is 51.5 Å². The number of hydrogen-bond acceptors (Lipinski definition) is 6. The van der Waals surface area contributed by atoms with Gasteiger partial charge in [0.2, 0.25) is 17.7 Å². The molecule has 2 aromatic heterocycles. The molecule has 0 fully saturated rings. The number of hydrogen-bond donors (Lipinski definition) is 8. The number of aromatic amines is 2. The fourth-order valence-corrected chi connectivity index (χ4v) is 5.62. The lowest BCUT2D eigenvalue weighted by Gasteiger charge is -2.25. The molecule has 5 rings (SSSR count). The van der Waals surface area contributed by atoms with Crippen LogP contribution in [-0.4, -0.2) is 74.0 Å². The molecule has 5 aromatic rings. The summed E-state index contributed by atoms with van der Waals surface area (Å²) in [7, 11) is 0. The Kier molecular flexibility index (Phi) is 10.5. The van der Waals surface area contributed by atoms with Gasteiger partial charge in [0.25, 0.3) is 0 Å². The first-order chi connectivity index (χ1) is 23.1. The molecule has 0 bridgehead atoms. The highest BCUT2D eigenvalue weighted by Gasteiger charge is 2.32. The Bertz CT molecular complexity index is 1940. The number of carboxylic acids is 2. The number of nitrogens with two attached hydrogens (primary N) is 1. The summed E-state index contributed by atoms with van der Waals surface area (Å²) >= 11 is 0. The first-order valence-corrected chi connectivity index (χ1v) is 15.3. The molecule has 9 N–H and O–H groups in total. The predicted octanol–water partition coefficient (Wildman–Crippen LogP) is 2.02. The van der Waals surface area contributed by atoms with Crippen molar-refractivity contribution in [2.75, 3.05) is 0 Å². The van der Waals surface area contributed by atoms with Gasteiger partial charge in [-0.05, 0) is 35.2 Å². The number of rotatable bonds is 15. The summed E-state index contributed by atoms with van der Waals surface area (Å²) in [5.41, 5.74) is 10.2. The Morgan fingerprint density at radius 1 is 0.604 bits per heavy atom. The van der Waals surface area contributed by atoms with Crippen LogP contribution in [0.25, 0.3) is 21.8 Å². The van der Waals surface area contributed by atoms with Gasteiger partial charge in [-0.3, -0.25) is 19.2 Å². The van der Waals surface area contributed by atoms with Gasteiger partial charge in [-0.15, -0.1) is 0 Å². The van der Waals surface area contributed by atoms with E-state index in [9.17, 15) is 34.2 Å². The van der Waals surface area contributed by atoms with Gasteiger partial charge >= 0.3 is 11.9 Å². The van der Waals surface area contributed by atoms with Crippen LogP contribution in [-0.2, 0) is 43.2 Å². The van der Waals surface area contributed by atoms with Crippen LogP contribution < -0.4 is 21.7 Å². The standard InChI is InChI=1S/C35H36N6O7/c36-25(15-21-18-37-26-12-6-4-10-23(21)26)32(44)39-28(14-20-8-2-1-3-9-20)33(45)40-29(34(46)41-30(35(47)48)17-31(42)43)16-22-19-38-27-13-7-5-11-24(22)27/h1-13,18-19,25,28-30,37-38H,14-17,36H2,(H,39,44)(H,40,45)(H,41,46)(H,42,43)(H,47,48). The predicted molar refractivity (Wildman–Crippen MR) is 178 cm³/mol. The SMILES string of the molecule is NC(Cc1c[nH]c2ccccc12)C(=O)NC(Cc1ccccc1)C(=O)NC(Cc1c[nH]c2ccccc12)C(=O)NC(CC(=O)O)C(=O)O. The zero-order valence-electron chi connectivity index (χ0n) is 25.8. The zero-order valence-corrected chi connectivity index (χ0v) is 25.8. The van der Waals surface area contributed by atoms with Gasteiger partial charge in [-0.2, -0.15) is 0 Å². The average molecular weight is 653 g/mol. The summed E-state index contributed by atoms with van der Waals surface area (Å²) in [6.45, 7) is 0. The lowest BCUT2D eigenvalue weighted by Crippen LogP contribution is -2.58. The van der Waals surface area contributed by atoms with E-state index in [0.29, 0.717) is 5.56 Å². The second kappa shape index (κ2) is 15.1. The van der Waals surface area contributed by atoms with Crippen LogP contribution in [0.1, 0.15) is 23.1 Å². The highest BCUT2D eigenvalue weighted by molar-refractivity contribution is 5.96. The maximum absolute atomic E-state index is 13.9. The molecule has 0 aliphatic carbocycles. The minimum absolute atomic E-state index is 0.0624. The molecule has 0 radical (unpaired) electrons. The molecule has 13 nitrogen and oxygen atoms in total. The van der Waals surface area contributed by atoms with Gasteiger partial charge < -0.3 is 41.9 Å². The minimum Gasteiger partial charge on any atom is -0.481 e. The smallest absolute Gasteiger partial charge is 0.326 e. The Labute approximate surface area is 274 Å². The third-order valence-corrected chi connectivity index (χ3v) is 8.09. The van der Waals surface area contributed by atoms with Crippen LogP contribution in [0, 0.1) is 0 Å². The summed E-state index contributed by atoms with van der Waals surface area (Å²) in [4.78, 5) is 70.2. The van der Waals surface area contributed by atoms with Crippen LogP contribution >= 0.6 is 0 Å². The molecule has 3 aromatic carbocycles. The third-order valence-electron chi connectivity index (χ3n) is 8.09. The van der Waals surface area contributed by atoms with Crippen molar-refractivity contribution in [1.29, 1.82) is 0 Å². The molecule has 4 atom stereocenters. The Hall–Kier alpha value is -5.95. The van der Waals surface area contributed by atoms with Crippen LogP contribution in [0.15, 0.2) is 91.3 Å². The lowest BCUT2D eigenvalue weighted by atomic mass is 10.0. The van der Waals surface area contributed by atoms with E-state index < -0.39 is 60.2 Å². The van der Waals surface area contributed by atoms with Gasteiger partial charge in [-0.1, -0.05) is 66.7 Å². The third kappa shape index (κ3) is 8.25. The molecule has 48 heavy (non-hydrogen) atoms. The summed E-state index contributed by atoms with van der Waals surface area (Å²) < 4.78 is 0. The normalized spacial score (nSPS) is 13.7. The molecule has 4 unspecified atom stereocenters. The second-order valence-corrected chi connectivity index (χ2v) is 11.5. The van der Waals surface area contributed by atoms with Crippen molar-refractivity contribution in [3.05, 3.63) is 108 Å². The quantitative estimate of drug-likeness (QED) is 0.0834. The van der Waals surface area contributed by atoms with Gasteiger partial charge in [-0.25, -0.2) is 4.79 Å². The second-order valence-electron chi connectivity index (χ2n) is 11.5. The van der Waals surface area contributed by atoms with E-state index in [4.69, 9.17) is 5.73 Å². The molecule has 3 amide bonds. The van der Waals surface area contributed by atoms with Crippen LogP contribution in [0.5, 0.6) is 0 Å². The number of carboxylic acid groups (broad SMARTS) is 2. The Morgan fingerprint density at radius 3 is 1.65 bits per heavy atom. The first kappa shape index (κ1) is 33.4. The molecule has 0 saturated heterocycles. The minimum atomic E-state index is -1.74. The van der Waals surface area contributed by atoms with E-state index in [2.05, 4.69) is 25.9 Å². The number of carbonyl (C=O) groups is 5. The number of H-pyrrole nitrogens is 2. The summed E-state index contributed by atoms with van der Waals surface area (Å²) in [6, 6.07) is 18.6. The van der Waals surface area contributed by atoms with Crippen molar-refractivity contribution in [2.24, 2.45) is 5.73 Å². The number of aliphatic carboxylic acids is 2. The van der Waals surface area contributed by atoms with Gasteiger partial charge in [0.15, 0.2) is 0 Å². The molecule has 248 valence electrons. The molecule has 0 aliphatic heterocycles. The van der Waals surface area contributed by atoms with Gasteiger partial charge in [0, 0.05) is 47.0 Å². The number of amides is 3. The number of para-hydroxylation sites is 2. The topological polar surface area (TPSA) is 219 Å². The van der Waals surface area contributed by atoms with Gasteiger partial charge in [0.05, 0.1) is 12.5 Å². The highest BCUT2D eigenvalue weighted by atomic mass is 16.4. The zero-order chi connectivity index (χ0) is 34.2. The average Bonchev–Trinajstić information content (AvgIpc) is 3.67. The van der Waals surface area contributed by atoms with Crippen LogP contribution in [0.2, 0.25) is 0 Å². The first-order valence-electron chi connectivity index (χ1n) is 15.3. The fraction of sp³-hybridized carbons (Fsp3) is 0.229. The molecular weight excluding hydrogens is 616 g/mol. The lowest BCUT2D eigenvalue weighted by molar-refractivity contribution is -0.147. The van der Waals surface area contributed by atoms with Crippen molar-refractivity contribution in [2.45, 2.75) is 49.9 Å². The monoisotopic (exact) mass is 652 g/mol. The number of aromatic nitrogens is 2. The molecule has 0 saturated carbocycles. The van der Waals surface area contributed by atoms with Crippen molar-refractivity contribution in [1.82, 2.24) is 25.9 Å². The maximum atomic E-state index is 13.9. The van der Waals surface area contributed by atoms with E-state index in [1.165, 1.54) is 0 Å². The maximum Gasteiger partial charge on any atom is 0.326 e. The molecule has 0 spiro atoms. The molecule has 13 heteroatoms.